The summed E-state index contributed by atoms with van der Waals surface area (Å²) < 4.78 is 43.4. The maximum absolute atomic E-state index is 12.7. The number of rotatable bonds is 4. The molecule has 2 unspecified atom stereocenters. The molecule has 1 fully saturated rings. The van der Waals surface area contributed by atoms with E-state index in [0.717, 1.165) is 12.5 Å². The van der Waals surface area contributed by atoms with Crippen molar-refractivity contribution in [2.24, 2.45) is 11.8 Å². The number of nitrogen functional groups attached to an aromatic ring is 1. The highest BCUT2D eigenvalue weighted by atomic mass is 19.4. The van der Waals surface area contributed by atoms with Crippen molar-refractivity contribution >= 4 is 11.8 Å². The molecule has 0 amide bonds. The van der Waals surface area contributed by atoms with Crippen LogP contribution in [0.2, 0.25) is 0 Å². The van der Waals surface area contributed by atoms with Crippen LogP contribution in [-0.2, 0) is 10.9 Å². The zero-order valence-electron chi connectivity index (χ0n) is 10.9. The molecule has 0 aliphatic carbocycles. The maximum atomic E-state index is 12.7. The number of nitrogens with one attached hydrogen (secondary N) is 2. The third-order valence-corrected chi connectivity index (χ3v) is 3.22. The lowest BCUT2D eigenvalue weighted by atomic mass is 10.0. The Morgan fingerprint density at radius 3 is 2.75 bits per heavy atom. The smallest absolute Gasteiger partial charge is 0.378 e. The SMILES string of the molecule is CC1OCCC1CNc1cc(C(F)(F)F)nc(NN)n1. The number of hydrogen-bond acceptors (Lipinski definition) is 6. The Hall–Kier alpha value is -1.61. The highest BCUT2D eigenvalue weighted by Gasteiger charge is 2.34. The van der Waals surface area contributed by atoms with Gasteiger partial charge in [-0.05, 0) is 13.3 Å². The molecule has 9 heteroatoms. The summed E-state index contributed by atoms with van der Waals surface area (Å²) in [5.74, 6) is 5.13. The largest absolute Gasteiger partial charge is 0.433 e. The van der Waals surface area contributed by atoms with Crippen molar-refractivity contribution in [3.05, 3.63) is 11.8 Å². The Morgan fingerprint density at radius 2 is 2.20 bits per heavy atom. The van der Waals surface area contributed by atoms with Crippen LogP contribution in [0.5, 0.6) is 0 Å². The second-order valence-electron chi connectivity index (χ2n) is 4.61. The van der Waals surface area contributed by atoms with Crippen LogP contribution in [0.15, 0.2) is 6.07 Å². The van der Waals surface area contributed by atoms with E-state index in [2.05, 4.69) is 15.3 Å². The second-order valence-corrected chi connectivity index (χ2v) is 4.61. The highest BCUT2D eigenvalue weighted by molar-refractivity contribution is 5.42. The van der Waals surface area contributed by atoms with Gasteiger partial charge >= 0.3 is 6.18 Å². The maximum Gasteiger partial charge on any atom is 0.433 e. The van der Waals surface area contributed by atoms with Crippen LogP contribution in [0.25, 0.3) is 0 Å². The fraction of sp³-hybridized carbons (Fsp3) is 0.636. The standard InChI is InChI=1S/C11H16F3N5O/c1-6-7(2-3-20-6)5-16-9-4-8(11(12,13)14)17-10(18-9)19-15/h4,6-7H,2-3,5,15H2,1H3,(H2,16,17,18,19). The van der Waals surface area contributed by atoms with Gasteiger partial charge in [-0.2, -0.15) is 18.2 Å². The first-order chi connectivity index (χ1) is 9.40. The van der Waals surface area contributed by atoms with Gasteiger partial charge in [-0.3, -0.25) is 5.43 Å². The van der Waals surface area contributed by atoms with Crippen molar-refractivity contribution < 1.29 is 17.9 Å². The third kappa shape index (κ3) is 3.48. The average Bonchev–Trinajstić information content (AvgIpc) is 2.80. The van der Waals surface area contributed by atoms with E-state index in [4.69, 9.17) is 10.6 Å². The Morgan fingerprint density at radius 1 is 1.45 bits per heavy atom. The molecular formula is C11H16F3N5O. The van der Waals surface area contributed by atoms with Gasteiger partial charge in [0, 0.05) is 25.1 Å². The summed E-state index contributed by atoms with van der Waals surface area (Å²) in [6.45, 7) is 3.09. The lowest BCUT2D eigenvalue weighted by molar-refractivity contribution is -0.141. The molecule has 1 aliphatic heterocycles. The summed E-state index contributed by atoms with van der Waals surface area (Å²) in [6.07, 6.45) is -3.60. The quantitative estimate of drug-likeness (QED) is 0.577. The Labute approximate surface area is 113 Å². The van der Waals surface area contributed by atoms with Gasteiger partial charge in [0.15, 0.2) is 5.69 Å². The molecular weight excluding hydrogens is 275 g/mol. The molecule has 0 radical (unpaired) electrons. The minimum absolute atomic E-state index is 0.0820. The third-order valence-electron chi connectivity index (χ3n) is 3.22. The first-order valence-corrected chi connectivity index (χ1v) is 6.18. The lowest BCUT2D eigenvalue weighted by Crippen LogP contribution is -2.22. The molecule has 0 bridgehead atoms. The number of aromatic nitrogens is 2. The number of nitrogens with zero attached hydrogens (tertiary/aromatic N) is 2. The minimum atomic E-state index is -4.55. The molecule has 0 saturated carbocycles. The number of halogens is 3. The van der Waals surface area contributed by atoms with Gasteiger partial charge in [0.2, 0.25) is 5.95 Å². The van der Waals surface area contributed by atoms with Crippen molar-refractivity contribution in [1.29, 1.82) is 0 Å². The van der Waals surface area contributed by atoms with E-state index in [-0.39, 0.29) is 23.8 Å². The van der Waals surface area contributed by atoms with Gasteiger partial charge in [0.05, 0.1) is 6.10 Å². The number of nitrogens with two attached hydrogens (primary N) is 1. The monoisotopic (exact) mass is 291 g/mol. The van der Waals surface area contributed by atoms with Crippen molar-refractivity contribution in [2.45, 2.75) is 25.6 Å². The summed E-state index contributed by atoms with van der Waals surface area (Å²) in [5, 5.41) is 2.88. The number of anilines is 2. The van der Waals surface area contributed by atoms with Crippen LogP contribution < -0.4 is 16.6 Å². The zero-order valence-corrected chi connectivity index (χ0v) is 10.9. The predicted molar refractivity (Wildman–Crippen MR) is 66.9 cm³/mol. The molecule has 1 aliphatic rings. The van der Waals surface area contributed by atoms with Crippen LogP contribution in [0.4, 0.5) is 24.9 Å². The fourth-order valence-corrected chi connectivity index (χ4v) is 2.03. The van der Waals surface area contributed by atoms with Gasteiger partial charge < -0.3 is 10.1 Å². The first-order valence-electron chi connectivity index (χ1n) is 6.18. The molecule has 0 spiro atoms. The lowest BCUT2D eigenvalue weighted by Gasteiger charge is -2.16. The topological polar surface area (TPSA) is 85.1 Å². The first kappa shape index (κ1) is 14.8. The van der Waals surface area contributed by atoms with Crippen LogP contribution in [0, 0.1) is 5.92 Å². The molecule has 0 aromatic carbocycles. The van der Waals surface area contributed by atoms with Gasteiger partial charge in [-0.25, -0.2) is 10.8 Å². The van der Waals surface area contributed by atoms with Crippen molar-refractivity contribution in [2.75, 3.05) is 23.9 Å². The summed E-state index contributed by atoms with van der Waals surface area (Å²) in [6, 6.07) is 0.862. The molecule has 6 nitrogen and oxygen atoms in total. The molecule has 1 aromatic heterocycles. The molecule has 2 atom stereocenters. The van der Waals surface area contributed by atoms with E-state index >= 15 is 0 Å². The molecule has 4 N–H and O–H groups in total. The van der Waals surface area contributed by atoms with E-state index in [1.807, 2.05) is 12.3 Å². The Kier molecular flexibility index (Phi) is 4.29. The van der Waals surface area contributed by atoms with Gasteiger partial charge in [0.1, 0.15) is 5.82 Å². The van der Waals surface area contributed by atoms with Crippen molar-refractivity contribution in [3.8, 4) is 0 Å². The van der Waals surface area contributed by atoms with Crippen LogP contribution in [0.1, 0.15) is 19.0 Å². The van der Waals surface area contributed by atoms with Crippen molar-refractivity contribution in [1.82, 2.24) is 9.97 Å². The molecule has 1 aromatic rings. The molecule has 112 valence electrons. The van der Waals surface area contributed by atoms with Crippen LogP contribution >= 0.6 is 0 Å². The number of hydrogen-bond donors (Lipinski definition) is 3. The molecule has 2 rings (SSSR count). The Balaban J connectivity index is 2.10. The second kappa shape index (κ2) is 5.80. The normalized spacial score (nSPS) is 22.9. The average molecular weight is 291 g/mol. The number of alkyl halides is 3. The van der Waals surface area contributed by atoms with Gasteiger partial charge in [0.25, 0.3) is 0 Å². The summed E-state index contributed by atoms with van der Waals surface area (Å²) in [4.78, 5) is 7.13. The van der Waals surface area contributed by atoms with Gasteiger partial charge in [-0.1, -0.05) is 0 Å². The van der Waals surface area contributed by atoms with E-state index < -0.39 is 11.9 Å². The van der Waals surface area contributed by atoms with Gasteiger partial charge in [-0.15, -0.1) is 0 Å². The van der Waals surface area contributed by atoms with E-state index in [0.29, 0.717) is 13.2 Å². The fourth-order valence-electron chi connectivity index (χ4n) is 2.03. The summed E-state index contributed by atoms with van der Waals surface area (Å²) in [7, 11) is 0. The van der Waals surface area contributed by atoms with Crippen LogP contribution in [-0.4, -0.2) is 29.2 Å². The highest BCUT2D eigenvalue weighted by Crippen LogP contribution is 2.30. The van der Waals surface area contributed by atoms with E-state index in [1.54, 1.807) is 0 Å². The number of ether oxygens (including phenoxy) is 1. The minimum Gasteiger partial charge on any atom is -0.378 e. The van der Waals surface area contributed by atoms with Crippen molar-refractivity contribution in [3.63, 3.8) is 0 Å². The number of hydrazine groups is 1. The molecule has 1 saturated heterocycles. The van der Waals surface area contributed by atoms with E-state index in [9.17, 15) is 13.2 Å². The molecule has 2 heterocycles. The summed E-state index contributed by atoms with van der Waals surface area (Å²) in [5.41, 5.74) is 0.987. The van der Waals surface area contributed by atoms with E-state index in [1.165, 1.54) is 0 Å². The summed E-state index contributed by atoms with van der Waals surface area (Å²) >= 11 is 0. The van der Waals surface area contributed by atoms with Crippen LogP contribution in [0.3, 0.4) is 0 Å². The Bertz CT molecular complexity index is 468. The predicted octanol–water partition coefficient (Wildman–Crippen LogP) is 1.62. The zero-order chi connectivity index (χ0) is 14.8. The molecule has 20 heavy (non-hydrogen) atoms.